The summed E-state index contributed by atoms with van der Waals surface area (Å²) >= 11 is 6.07. The number of pyridine rings is 1. The molecule has 1 aromatic rings. The molecular formula is C10H13ClFN. The minimum atomic E-state index is -0.327. The second-order valence-electron chi connectivity index (χ2n) is 3.53. The van der Waals surface area contributed by atoms with Crippen molar-refractivity contribution in [3.8, 4) is 0 Å². The fourth-order valence-corrected chi connectivity index (χ4v) is 1.63. The van der Waals surface area contributed by atoms with E-state index >= 15 is 0 Å². The second kappa shape index (κ2) is 4.56. The molecule has 0 aliphatic heterocycles. The van der Waals surface area contributed by atoms with Crippen LogP contribution in [0.5, 0.6) is 0 Å². The van der Waals surface area contributed by atoms with E-state index in [0.29, 0.717) is 5.92 Å². The minimum Gasteiger partial charge on any atom is -0.261 e. The highest BCUT2D eigenvalue weighted by molar-refractivity contribution is 6.20. The van der Waals surface area contributed by atoms with E-state index in [1.165, 1.54) is 12.3 Å². The maximum atomic E-state index is 12.7. The molecule has 1 atom stereocenters. The zero-order chi connectivity index (χ0) is 9.84. The van der Waals surface area contributed by atoms with Crippen LogP contribution in [-0.4, -0.2) is 4.98 Å². The Morgan fingerprint density at radius 1 is 1.46 bits per heavy atom. The Hall–Kier alpha value is -0.630. The molecule has 72 valence electrons. The number of halogens is 2. The Balaban J connectivity index is 2.71. The van der Waals surface area contributed by atoms with Crippen molar-refractivity contribution in [1.29, 1.82) is 0 Å². The van der Waals surface area contributed by atoms with E-state index in [0.717, 1.165) is 12.0 Å². The van der Waals surface area contributed by atoms with Crippen molar-refractivity contribution < 1.29 is 4.39 Å². The first kappa shape index (κ1) is 10.5. The largest absolute Gasteiger partial charge is 0.261 e. The molecule has 0 aliphatic rings. The van der Waals surface area contributed by atoms with Gasteiger partial charge in [0.1, 0.15) is 5.82 Å². The maximum Gasteiger partial charge on any atom is 0.141 e. The van der Waals surface area contributed by atoms with Gasteiger partial charge in [-0.3, -0.25) is 4.98 Å². The molecule has 1 aromatic heterocycles. The van der Waals surface area contributed by atoms with Gasteiger partial charge in [-0.25, -0.2) is 4.39 Å². The average Bonchev–Trinajstić information content (AvgIpc) is 2.03. The smallest absolute Gasteiger partial charge is 0.141 e. The van der Waals surface area contributed by atoms with Gasteiger partial charge in [0.2, 0.25) is 0 Å². The lowest BCUT2D eigenvalue weighted by molar-refractivity contribution is 0.568. The van der Waals surface area contributed by atoms with Crippen LogP contribution in [0, 0.1) is 11.7 Å². The van der Waals surface area contributed by atoms with E-state index in [-0.39, 0.29) is 11.2 Å². The van der Waals surface area contributed by atoms with Gasteiger partial charge in [0.25, 0.3) is 0 Å². The van der Waals surface area contributed by atoms with Crippen LogP contribution in [0.1, 0.15) is 31.2 Å². The summed E-state index contributed by atoms with van der Waals surface area (Å²) in [5.41, 5.74) is 0.760. The molecule has 0 amide bonds. The van der Waals surface area contributed by atoms with Gasteiger partial charge in [0, 0.05) is 6.20 Å². The molecule has 0 bridgehead atoms. The van der Waals surface area contributed by atoms with Gasteiger partial charge in [-0.05, 0) is 24.0 Å². The Labute approximate surface area is 82.9 Å². The van der Waals surface area contributed by atoms with E-state index < -0.39 is 0 Å². The SMILES string of the molecule is CC(C)CC(Cl)c1cncc(F)c1. The van der Waals surface area contributed by atoms with E-state index in [9.17, 15) is 4.39 Å². The summed E-state index contributed by atoms with van der Waals surface area (Å²) in [6.45, 7) is 4.17. The van der Waals surface area contributed by atoms with E-state index in [1.807, 2.05) is 0 Å². The molecule has 0 aliphatic carbocycles. The molecule has 1 nitrogen and oxygen atoms in total. The highest BCUT2D eigenvalue weighted by Crippen LogP contribution is 2.27. The maximum absolute atomic E-state index is 12.7. The van der Waals surface area contributed by atoms with E-state index in [1.54, 1.807) is 6.20 Å². The molecule has 0 spiro atoms. The molecule has 0 radical (unpaired) electrons. The van der Waals surface area contributed by atoms with E-state index in [2.05, 4.69) is 18.8 Å². The molecule has 1 heterocycles. The normalized spacial score (nSPS) is 13.3. The van der Waals surface area contributed by atoms with Gasteiger partial charge in [-0.2, -0.15) is 0 Å². The Kier molecular flexibility index (Phi) is 3.67. The predicted molar refractivity (Wildman–Crippen MR) is 52.2 cm³/mol. The molecule has 13 heavy (non-hydrogen) atoms. The molecule has 1 unspecified atom stereocenters. The lowest BCUT2D eigenvalue weighted by Crippen LogP contribution is -1.97. The first-order valence-corrected chi connectivity index (χ1v) is 4.77. The summed E-state index contributed by atoms with van der Waals surface area (Å²) in [7, 11) is 0. The zero-order valence-corrected chi connectivity index (χ0v) is 8.55. The monoisotopic (exact) mass is 201 g/mol. The molecular weight excluding hydrogens is 189 g/mol. The summed E-state index contributed by atoms with van der Waals surface area (Å²) in [6.07, 6.45) is 3.64. The van der Waals surface area contributed by atoms with Crippen LogP contribution < -0.4 is 0 Å². The Bertz CT molecular complexity index is 275. The molecule has 0 saturated heterocycles. The predicted octanol–water partition coefficient (Wildman–Crippen LogP) is 3.55. The summed E-state index contributed by atoms with van der Waals surface area (Å²) in [5, 5.41) is -0.136. The summed E-state index contributed by atoms with van der Waals surface area (Å²) in [4.78, 5) is 3.75. The minimum absolute atomic E-state index is 0.136. The van der Waals surface area contributed by atoms with Crippen molar-refractivity contribution in [2.45, 2.75) is 25.6 Å². The van der Waals surface area contributed by atoms with Crippen molar-refractivity contribution in [2.75, 3.05) is 0 Å². The highest BCUT2D eigenvalue weighted by atomic mass is 35.5. The third-order valence-electron chi connectivity index (χ3n) is 1.77. The average molecular weight is 202 g/mol. The summed E-state index contributed by atoms with van der Waals surface area (Å²) < 4.78 is 12.7. The van der Waals surface area contributed by atoms with Gasteiger partial charge < -0.3 is 0 Å². The van der Waals surface area contributed by atoms with Crippen molar-refractivity contribution >= 4 is 11.6 Å². The quantitative estimate of drug-likeness (QED) is 0.682. The molecule has 0 fully saturated rings. The number of rotatable bonds is 3. The standard InChI is InChI=1S/C10H13ClFN/c1-7(2)3-10(11)8-4-9(12)6-13-5-8/h4-7,10H,3H2,1-2H3. The number of nitrogens with zero attached hydrogens (tertiary/aromatic N) is 1. The summed E-state index contributed by atoms with van der Waals surface area (Å²) in [5.74, 6) is 0.178. The Morgan fingerprint density at radius 3 is 2.69 bits per heavy atom. The first-order chi connectivity index (χ1) is 6.09. The third kappa shape index (κ3) is 3.31. The van der Waals surface area contributed by atoms with E-state index in [4.69, 9.17) is 11.6 Å². The Morgan fingerprint density at radius 2 is 2.15 bits per heavy atom. The highest BCUT2D eigenvalue weighted by Gasteiger charge is 2.10. The zero-order valence-electron chi connectivity index (χ0n) is 7.80. The van der Waals surface area contributed by atoms with Crippen molar-refractivity contribution in [3.05, 3.63) is 29.8 Å². The third-order valence-corrected chi connectivity index (χ3v) is 2.20. The lowest BCUT2D eigenvalue weighted by atomic mass is 10.0. The first-order valence-electron chi connectivity index (χ1n) is 4.34. The molecule has 0 aromatic carbocycles. The summed E-state index contributed by atoms with van der Waals surface area (Å²) in [6, 6.07) is 1.44. The number of alkyl halides is 1. The number of hydrogen-bond donors (Lipinski definition) is 0. The van der Waals surface area contributed by atoms with Gasteiger partial charge >= 0.3 is 0 Å². The molecule has 3 heteroatoms. The van der Waals surface area contributed by atoms with Crippen LogP contribution in [0.2, 0.25) is 0 Å². The van der Waals surface area contributed by atoms with Crippen LogP contribution in [0.15, 0.2) is 18.5 Å². The second-order valence-corrected chi connectivity index (χ2v) is 4.06. The fraction of sp³-hybridized carbons (Fsp3) is 0.500. The van der Waals surface area contributed by atoms with Crippen molar-refractivity contribution in [2.24, 2.45) is 5.92 Å². The van der Waals surface area contributed by atoms with Crippen LogP contribution in [0.3, 0.4) is 0 Å². The van der Waals surface area contributed by atoms with Crippen molar-refractivity contribution in [1.82, 2.24) is 4.98 Å². The lowest BCUT2D eigenvalue weighted by Gasteiger charge is -2.11. The van der Waals surface area contributed by atoms with Gasteiger partial charge in [-0.15, -0.1) is 11.6 Å². The topological polar surface area (TPSA) is 12.9 Å². The van der Waals surface area contributed by atoms with Crippen LogP contribution in [-0.2, 0) is 0 Å². The number of aromatic nitrogens is 1. The van der Waals surface area contributed by atoms with Gasteiger partial charge in [0.05, 0.1) is 11.6 Å². The van der Waals surface area contributed by atoms with Crippen LogP contribution >= 0.6 is 11.6 Å². The van der Waals surface area contributed by atoms with Gasteiger partial charge in [-0.1, -0.05) is 13.8 Å². The molecule has 1 rings (SSSR count). The molecule has 0 N–H and O–H groups in total. The van der Waals surface area contributed by atoms with Crippen molar-refractivity contribution in [3.63, 3.8) is 0 Å². The molecule has 0 saturated carbocycles. The van der Waals surface area contributed by atoms with Crippen LogP contribution in [0.4, 0.5) is 4.39 Å². The van der Waals surface area contributed by atoms with Crippen LogP contribution in [0.25, 0.3) is 0 Å². The van der Waals surface area contributed by atoms with Gasteiger partial charge in [0.15, 0.2) is 0 Å². The number of hydrogen-bond acceptors (Lipinski definition) is 1. The fourth-order valence-electron chi connectivity index (χ4n) is 1.15.